The van der Waals surface area contributed by atoms with E-state index in [9.17, 15) is 4.79 Å². The maximum Gasteiger partial charge on any atom is 0.203 e. The van der Waals surface area contributed by atoms with Crippen LogP contribution in [0.1, 0.15) is 65.9 Å². The lowest BCUT2D eigenvalue weighted by molar-refractivity contribution is 0.0992. The van der Waals surface area contributed by atoms with Crippen molar-refractivity contribution in [1.29, 1.82) is 0 Å². The molecule has 55 heavy (non-hydrogen) atoms. The number of fused-ring (bicyclic) bond motifs is 2. The summed E-state index contributed by atoms with van der Waals surface area (Å²) in [6, 6.07) is 19.4. The van der Waals surface area contributed by atoms with E-state index in [2.05, 4.69) is 64.8 Å². The molecule has 0 spiro atoms. The SMILES string of the molecule is COc1cc(C/C(=C/I)c2ccc3c(c2)C=CC(C)(C)O3)cc(OC)c1OC.COc1cc(CC(=O)c2ccc3c(c2)C=CC(C)(C)O3)cc(OC)c1OC. The zero-order valence-corrected chi connectivity index (χ0v) is 35.3. The molecule has 10 heteroatoms. The van der Waals surface area contributed by atoms with Crippen molar-refractivity contribution in [1.82, 2.24) is 0 Å². The molecule has 0 aromatic heterocycles. The molecule has 0 unspecified atom stereocenters. The van der Waals surface area contributed by atoms with Gasteiger partial charge < -0.3 is 37.9 Å². The van der Waals surface area contributed by atoms with E-state index >= 15 is 0 Å². The topological polar surface area (TPSA) is 90.9 Å². The Balaban J connectivity index is 0.000000211. The molecule has 0 aliphatic carbocycles. The number of benzene rings is 4. The average molecular weight is 861 g/mol. The van der Waals surface area contributed by atoms with Crippen LogP contribution in [0.3, 0.4) is 0 Å². The molecular formula is C45H49IO9. The van der Waals surface area contributed by atoms with Crippen molar-refractivity contribution >= 4 is 46.1 Å². The predicted octanol–water partition coefficient (Wildman–Crippen LogP) is 10.2. The van der Waals surface area contributed by atoms with Crippen molar-refractivity contribution in [3.8, 4) is 46.0 Å². The zero-order chi connectivity index (χ0) is 39.9. The number of halogens is 1. The van der Waals surface area contributed by atoms with Gasteiger partial charge in [-0.3, -0.25) is 4.79 Å². The lowest BCUT2D eigenvalue weighted by Crippen LogP contribution is -2.27. The summed E-state index contributed by atoms with van der Waals surface area (Å²) < 4.78 is 46.5. The summed E-state index contributed by atoms with van der Waals surface area (Å²) >= 11 is 2.29. The lowest BCUT2D eigenvalue weighted by atomic mass is 9.95. The largest absolute Gasteiger partial charge is 0.493 e. The molecule has 290 valence electrons. The minimum atomic E-state index is -0.339. The van der Waals surface area contributed by atoms with Gasteiger partial charge in [0.1, 0.15) is 22.7 Å². The van der Waals surface area contributed by atoms with E-state index in [0.29, 0.717) is 40.1 Å². The van der Waals surface area contributed by atoms with Crippen LogP contribution in [0.2, 0.25) is 0 Å². The molecule has 2 heterocycles. The van der Waals surface area contributed by atoms with Gasteiger partial charge in [0.25, 0.3) is 0 Å². The van der Waals surface area contributed by atoms with E-state index in [4.69, 9.17) is 37.9 Å². The fourth-order valence-electron chi connectivity index (χ4n) is 6.32. The van der Waals surface area contributed by atoms with Crippen LogP contribution in [-0.4, -0.2) is 59.6 Å². The quantitative estimate of drug-likeness (QED) is 0.102. The van der Waals surface area contributed by atoms with Crippen molar-refractivity contribution in [3.05, 3.63) is 110 Å². The van der Waals surface area contributed by atoms with Gasteiger partial charge in [0.2, 0.25) is 11.5 Å². The number of ether oxygens (including phenoxy) is 8. The highest BCUT2D eigenvalue weighted by Gasteiger charge is 2.24. The van der Waals surface area contributed by atoms with Crippen molar-refractivity contribution in [2.45, 2.75) is 51.7 Å². The maximum atomic E-state index is 12.8. The first-order valence-corrected chi connectivity index (χ1v) is 19.0. The third-order valence-electron chi connectivity index (χ3n) is 9.13. The molecule has 0 fully saturated rings. The van der Waals surface area contributed by atoms with Crippen LogP contribution in [-0.2, 0) is 12.8 Å². The predicted molar refractivity (Wildman–Crippen MR) is 226 cm³/mol. The van der Waals surface area contributed by atoms with Gasteiger partial charge in [-0.05, 0) is 127 Å². The zero-order valence-electron chi connectivity index (χ0n) is 33.1. The normalized spacial score (nSPS) is 14.5. The Kier molecular flexibility index (Phi) is 13.1. The van der Waals surface area contributed by atoms with Crippen LogP contribution in [0.5, 0.6) is 46.0 Å². The monoisotopic (exact) mass is 860 g/mol. The number of allylic oxidation sites excluding steroid dienone is 1. The molecule has 6 rings (SSSR count). The minimum Gasteiger partial charge on any atom is -0.493 e. The lowest BCUT2D eigenvalue weighted by Gasteiger charge is -2.28. The van der Waals surface area contributed by atoms with E-state index in [0.717, 1.165) is 45.7 Å². The highest BCUT2D eigenvalue weighted by atomic mass is 127. The van der Waals surface area contributed by atoms with E-state index in [-0.39, 0.29) is 23.4 Å². The number of ketones is 1. The van der Waals surface area contributed by atoms with Crippen LogP contribution in [0.15, 0.2) is 76.9 Å². The minimum absolute atomic E-state index is 0.00491. The molecule has 0 saturated carbocycles. The second-order valence-corrected chi connectivity index (χ2v) is 14.7. The molecule has 0 bridgehead atoms. The smallest absolute Gasteiger partial charge is 0.203 e. The fourth-order valence-corrected chi connectivity index (χ4v) is 6.90. The van der Waals surface area contributed by atoms with E-state index < -0.39 is 0 Å². The number of methoxy groups -OCH3 is 6. The van der Waals surface area contributed by atoms with E-state index in [1.165, 1.54) is 5.57 Å². The van der Waals surface area contributed by atoms with Gasteiger partial charge in [0, 0.05) is 23.1 Å². The molecule has 4 aromatic rings. The molecule has 0 amide bonds. The Morgan fingerprint density at radius 1 is 0.582 bits per heavy atom. The number of rotatable bonds is 12. The van der Waals surface area contributed by atoms with Crippen LogP contribution < -0.4 is 37.9 Å². The Morgan fingerprint density at radius 3 is 1.38 bits per heavy atom. The van der Waals surface area contributed by atoms with E-state index in [1.807, 2.05) is 56.3 Å². The number of hydrogen-bond donors (Lipinski definition) is 0. The van der Waals surface area contributed by atoms with E-state index in [1.54, 1.807) is 60.9 Å². The summed E-state index contributed by atoms with van der Waals surface area (Å²) in [7, 11) is 9.54. The van der Waals surface area contributed by atoms with Gasteiger partial charge >= 0.3 is 0 Å². The highest BCUT2D eigenvalue weighted by Crippen LogP contribution is 2.41. The molecule has 2 aliphatic heterocycles. The summed E-state index contributed by atoms with van der Waals surface area (Å²) in [6.45, 7) is 8.11. The van der Waals surface area contributed by atoms with Gasteiger partial charge in [-0.15, -0.1) is 0 Å². The Labute approximate surface area is 338 Å². The van der Waals surface area contributed by atoms with Gasteiger partial charge in [-0.1, -0.05) is 40.8 Å². The molecule has 0 radical (unpaired) electrons. The van der Waals surface area contributed by atoms with Gasteiger partial charge in [0.15, 0.2) is 28.8 Å². The van der Waals surface area contributed by atoms with Crippen LogP contribution in [0.4, 0.5) is 0 Å². The van der Waals surface area contributed by atoms with Crippen LogP contribution in [0.25, 0.3) is 17.7 Å². The Hall–Kier alpha value is -5.10. The van der Waals surface area contributed by atoms with Gasteiger partial charge in [0.05, 0.1) is 42.7 Å². The summed E-state index contributed by atoms with van der Waals surface area (Å²) in [5.41, 5.74) is 6.27. The maximum absolute atomic E-state index is 12.8. The summed E-state index contributed by atoms with van der Waals surface area (Å²) in [5.74, 6) is 5.20. The molecule has 0 saturated heterocycles. The number of carbonyl (C=O) groups excluding carboxylic acids is 1. The summed E-state index contributed by atoms with van der Waals surface area (Å²) in [6.07, 6.45) is 9.18. The van der Waals surface area contributed by atoms with Crippen molar-refractivity contribution < 1.29 is 42.7 Å². The average Bonchev–Trinajstić information content (AvgIpc) is 3.18. The third kappa shape index (κ3) is 9.77. The van der Waals surface area contributed by atoms with Crippen molar-refractivity contribution in [2.75, 3.05) is 42.7 Å². The van der Waals surface area contributed by atoms with Gasteiger partial charge in [-0.25, -0.2) is 0 Å². The first-order valence-electron chi connectivity index (χ1n) is 17.7. The van der Waals surface area contributed by atoms with Crippen LogP contribution >= 0.6 is 22.6 Å². The van der Waals surface area contributed by atoms with Gasteiger partial charge in [-0.2, -0.15) is 0 Å². The first-order chi connectivity index (χ1) is 26.3. The molecule has 9 nitrogen and oxygen atoms in total. The van der Waals surface area contributed by atoms with Crippen molar-refractivity contribution in [3.63, 3.8) is 0 Å². The number of hydrogen-bond acceptors (Lipinski definition) is 9. The molecule has 2 aliphatic rings. The number of Topliss-reactive ketones (excluding diaryl/α,β-unsaturated/α-hetero) is 1. The second kappa shape index (κ2) is 17.6. The van der Waals surface area contributed by atoms with Crippen LogP contribution in [0, 0.1) is 0 Å². The standard InChI is InChI=1S/C23H25IO4.C22H24O5/c1-23(2)9-8-17-13-16(6-7-19(17)28-23)18(14-24)10-15-11-20(25-3)22(27-5)21(12-15)26-4;1-22(2)9-8-16-13-15(6-7-18(16)27-22)17(23)10-14-11-19(24-3)21(26-5)20(12-14)25-4/h6-9,11-14H,10H2,1-5H3;6-9,11-13H,10H2,1-5H3/b18-14-;. The fraction of sp³-hybridized carbons (Fsp3) is 0.311. The second-order valence-electron chi connectivity index (χ2n) is 14.1. The highest BCUT2D eigenvalue weighted by molar-refractivity contribution is 14.1. The third-order valence-corrected chi connectivity index (χ3v) is 9.88. The first kappa shape index (κ1) is 41.1. The summed E-state index contributed by atoms with van der Waals surface area (Å²) in [4.78, 5) is 12.8. The molecule has 4 aromatic carbocycles. The Bertz CT molecular complexity index is 2080. The molecule has 0 atom stereocenters. The number of carbonyl (C=O) groups is 1. The summed E-state index contributed by atoms with van der Waals surface area (Å²) in [5, 5.41) is 0. The van der Waals surface area contributed by atoms with Crippen molar-refractivity contribution in [2.24, 2.45) is 0 Å². The molecule has 0 N–H and O–H groups in total. The Morgan fingerprint density at radius 2 is 0.982 bits per heavy atom. The molecular weight excluding hydrogens is 811 g/mol.